The first kappa shape index (κ1) is 15.6. The molecule has 0 spiro atoms. The molecule has 0 aliphatic carbocycles. The van der Waals surface area contributed by atoms with Gasteiger partial charge in [0.15, 0.2) is 5.13 Å². The molecule has 114 valence electrons. The molecule has 1 aliphatic heterocycles. The van der Waals surface area contributed by atoms with Gasteiger partial charge in [0, 0.05) is 39.1 Å². The number of piperazine rings is 1. The standard InChI is InChI=1S/C14H21N5OS/c1-2-3-4-5-6-17-13(20)11-12(15)18-14(21-11)19-9-7-16-8-10-19/h1,16H,3-10,15H2,(H,17,20). The number of hydrogen-bond acceptors (Lipinski definition) is 6. The van der Waals surface area contributed by atoms with Gasteiger partial charge in [-0.2, -0.15) is 0 Å². The molecular weight excluding hydrogens is 286 g/mol. The lowest BCUT2D eigenvalue weighted by atomic mass is 10.2. The van der Waals surface area contributed by atoms with Gasteiger partial charge in [-0.05, 0) is 12.8 Å². The largest absolute Gasteiger partial charge is 0.382 e. The number of terminal acetylenes is 1. The van der Waals surface area contributed by atoms with Crippen LogP contribution in [-0.4, -0.2) is 43.6 Å². The van der Waals surface area contributed by atoms with Crippen molar-refractivity contribution >= 4 is 28.2 Å². The number of nitrogens with zero attached hydrogens (tertiary/aromatic N) is 2. The van der Waals surface area contributed by atoms with Crippen LogP contribution in [0.5, 0.6) is 0 Å². The highest BCUT2D eigenvalue weighted by atomic mass is 32.1. The molecule has 6 nitrogen and oxygen atoms in total. The number of anilines is 2. The number of nitrogens with two attached hydrogens (primary N) is 1. The minimum atomic E-state index is -0.146. The van der Waals surface area contributed by atoms with Crippen LogP contribution in [0.2, 0.25) is 0 Å². The maximum Gasteiger partial charge on any atom is 0.265 e. The molecule has 1 aromatic rings. The van der Waals surface area contributed by atoms with Crippen LogP contribution >= 0.6 is 11.3 Å². The summed E-state index contributed by atoms with van der Waals surface area (Å²) in [6, 6.07) is 0. The lowest BCUT2D eigenvalue weighted by Gasteiger charge is -2.26. The molecule has 0 aromatic carbocycles. The van der Waals surface area contributed by atoms with Crippen molar-refractivity contribution in [2.45, 2.75) is 19.3 Å². The summed E-state index contributed by atoms with van der Waals surface area (Å²) >= 11 is 1.36. The lowest BCUT2D eigenvalue weighted by Crippen LogP contribution is -2.43. The molecule has 1 aromatic heterocycles. The molecule has 4 N–H and O–H groups in total. The zero-order valence-electron chi connectivity index (χ0n) is 12.0. The summed E-state index contributed by atoms with van der Waals surface area (Å²) in [6.45, 7) is 4.24. The van der Waals surface area contributed by atoms with E-state index in [0.29, 0.717) is 17.2 Å². The quantitative estimate of drug-likeness (QED) is 0.531. The highest BCUT2D eigenvalue weighted by Crippen LogP contribution is 2.28. The summed E-state index contributed by atoms with van der Waals surface area (Å²) in [7, 11) is 0. The van der Waals surface area contributed by atoms with E-state index in [0.717, 1.165) is 50.6 Å². The molecule has 7 heteroatoms. The number of thiazole rings is 1. The van der Waals surface area contributed by atoms with Gasteiger partial charge in [-0.1, -0.05) is 11.3 Å². The van der Waals surface area contributed by atoms with Gasteiger partial charge in [-0.25, -0.2) is 4.98 Å². The summed E-state index contributed by atoms with van der Waals surface area (Å²) < 4.78 is 0. The SMILES string of the molecule is C#CCCCCNC(=O)c1sc(N2CCNCC2)nc1N. The van der Waals surface area contributed by atoms with E-state index >= 15 is 0 Å². The topological polar surface area (TPSA) is 83.3 Å². The molecule has 2 rings (SSSR count). The van der Waals surface area contributed by atoms with Gasteiger partial charge in [-0.15, -0.1) is 12.3 Å². The van der Waals surface area contributed by atoms with Crippen molar-refractivity contribution in [3.8, 4) is 12.3 Å². The average Bonchev–Trinajstić information content (AvgIpc) is 2.90. The number of carbonyl (C=O) groups excluding carboxylic acids is 1. The maximum atomic E-state index is 12.1. The lowest BCUT2D eigenvalue weighted by molar-refractivity contribution is 0.0958. The molecule has 1 saturated heterocycles. The minimum Gasteiger partial charge on any atom is -0.382 e. The van der Waals surface area contributed by atoms with E-state index in [9.17, 15) is 4.79 Å². The number of unbranched alkanes of at least 4 members (excludes halogenated alkanes) is 2. The van der Waals surface area contributed by atoms with Crippen molar-refractivity contribution in [1.29, 1.82) is 0 Å². The van der Waals surface area contributed by atoms with Gasteiger partial charge < -0.3 is 21.3 Å². The molecule has 0 saturated carbocycles. The second-order valence-corrected chi connectivity index (χ2v) is 5.84. The van der Waals surface area contributed by atoms with Gasteiger partial charge >= 0.3 is 0 Å². The predicted molar refractivity (Wildman–Crippen MR) is 86.6 cm³/mol. The highest BCUT2D eigenvalue weighted by molar-refractivity contribution is 7.18. The second kappa shape index (κ2) is 7.86. The molecule has 0 atom stereocenters. The van der Waals surface area contributed by atoms with Crippen molar-refractivity contribution in [1.82, 2.24) is 15.6 Å². The first-order chi connectivity index (χ1) is 10.2. The van der Waals surface area contributed by atoms with Crippen LogP contribution in [0.1, 0.15) is 28.9 Å². The van der Waals surface area contributed by atoms with E-state index in [1.807, 2.05) is 0 Å². The molecule has 21 heavy (non-hydrogen) atoms. The molecule has 0 unspecified atom stereocenters. The van der Waals surface area contributed by atoms with E-state index in [2.05, 4.69) is 26.4 Å². The second-order valence-electron chi connectivity index (χ2n) is 4.86. The molecule has 0 radical (unpaired) electrons. The fourth-order valence-corrected chi connectivity index (χ4v) is 3.06. The van der Waals surface area contributed by atoms with E-state index in [1.165, 1.54) is 11.3 Å². The van der Waals surface area contributed by atoms with E-state index in [4.69, 9.17) is 12.2 Å². The van der Waals surface area contributed by atoms with Gasteiger partial charge in [0.25, 0.3) is 5.91 Å². The van der Waals surface area contributed by atoms with Crippen LogP contribution in [0, 0.1) is 12.3 Å². The Balaban J connectivity index is 1.89. The first-order valence-corrected chi connectivity index (χ1v) is 7.97. The summed E-state index contributed by atoms with van der Waals surface area (Å²) in [5.74, 6) is 2.75. The van der Waals surface area contributed by atoms with Crippen molar-refractivity contribution in [3.63, 3.8) is 0 Å². The van der Waals surface area contributed by atoms with Crippen LogP contribution < -0.4 is 21.3 Å². The van der Waals surface area contributed by atoms with Crippen LogP contribution in [0.15, 0.2) is 0 Å². The third-order valence-corrected chi connectivity index (χ3v) is 4.40. The van der Waals surface area contributed by atoms with E-state index in [-0.39, 0.29) is 5.91 Å². The fraction of sp³-hybridized carbons (Fsp3) is 0.571. The Bertz CT molecular complexity index is 516. The third kappa shape index (κ3) is 4.34. The summed E-state index contributed by atoms with van der Waals surface area (Å²) in [4.78, 5) is 19.1. The van der Waals surface area contributed by atoms with Gasteiger partial charge in [0.1, 0.15) is 10.7 Å². The van der Waals surface area contributed by atoms with Crippen LogP contribution in [0.3, 0.4) is 0 Å². The van der Waals surface area contributed by atoms with Crippen molar-refractivity contribution in [2.24, 2.45) is 0 Å². The average molecular weight is 307 g/mol. The zero-order valence-corrected chi connectivity index (χ0v) is 12.8. The molecule has 1 amide bonds. The number of nitrogens with one attached hydrogen (secondary N) is 2. The number of rotatable bonds is 6. The highest BCUT2D eigenvalue weighted by Gasteiger charge is 2.20. The van der Waals surface area contributed by atoms with Gasteiger partial charge in [-0.3, -0.25) is 4.79 Å². The van der Waals surface area contributed by atoms with E-state index in [1.54, 1.807) is 0 Å². The smallest absolute Gasteiger partial charge is 0.265 e. The van der Waals surface area contributed by atoms with Crippen molar-refractivity contribution < 1.29 is 4.79 Å². The number of nitrogen functional groups attached to an aromatic ring is 1. The monoisotopic (exact) mass is 307 g/mol. The normalized spacial score (nSPS) is 14.7. The third-order valence-electron chi connectivity index (χ3n) is 3.27. The van der Waals surface area contributed by atoms with Crippen molar-refractivity contribution in [2.75, 3.05) is 43.4 Å². The number of aromatic nitrogens is 1. The first-order valence-electron chi connectivity index (χ1n) is 7.16. The van der Waals surface area contributed by atoms with Gasteiger partial charge in [0.2, 0.25) is 0 Å². The molecule has 1 fully saturated rings. The summed E-state index contributed by atoms with van der Waals surface area (Å²) in [6.07, 6.45) is 7.72. The van der Waals surface area contributed by atoms with E-state index < -0.39 is 0 Å². The summed E-state index contributed by atoms with van der Waals surface area (Å²) in [5.41, 5.74) is 5.87. The van der Waals surface area contributed by atoms with Crippen molar-refractivity contribution in [3.05, 3.63) is 4.88 Å². The molecular formula is C14H21N5OS. The van der Waals surface area contributed by atoms with Crippen LogP contribution in [0.25, 0.3) is 0 Å². The Morgan fingerprint density at radius 3 is 2.95 bits per heavy atom. The zero-order chi connectivity index (χ0) is 15.1. The molecule has 2 heterocycles. The Morgan fingerprint density at radius 2 is 2.24 bits per heavy atom. The Morgan fingerprint density at radius 1 is 1.48 bits per heavy atom. The molecule has 1 aliphatic rings. The fourth-order valence-electron chi connectivity index (χ4n) is 2.11. The Labute approximate surface area is 129 Å². The number of carbonyl (C=O) groups is 1. The van der Waals surface area contributed by atoms with Crippen LogP contribution in [0.4, 0.5) is 10.9 Å². The van der Waals surface area contributed by atoms with Crippen LogP contribution in [-0.2, 0) is 0 Å². The van der Waals surface area contributed by atoms with Gasteiger partial charge in [0.05, 0.1) is 0 Å². The Kier molecular flexibility index (Phi) is 5.84. The molecule has 0 bridgehead atoms. The number of hydrogen-bond donors (Lipinski definition) is 3. The maximum absolute atomic E-state index is 12.1. The Hall–Kier alpha value is -1.78. The summed E-state index contributed by atoms with van der Waals surface area (Å²) in [5, 5.41) is 6.98. The minimum absolute atomic E-state index is 0.146. The predicted octanol–water partition coefficient (Wildman–Crippen LogP) is 0.668. The number of amides is 1.